The van der Waals surface area contributed by atoms with Gasteiger partial charge in [0.2, 0.25) is 15.9 Å². The Morgan fingerprint density at radius 3 is 2.54 bits per heavy atom. The summed E-state index contributed by atoms with van der Waals surface area (Å²) in [5.74, 6) is 0.933. The number of sulfonamides is 1. The number of piperazine rings is 1. The number of nitrogens with one attached hydrogen (secondary N) is 1. The smallest absolute Gasteiger partial charge is 0.223 e. The molecule has 0 unspecified atom stereocenters. The highest BCUT2D eigenvalue weighted by Gasteiger charge is 2.28. The zero-order chi connectivity index (χ0) is 17.0. The molecule has 1 aliphatic carbocycles. The summed E-state index contributed by atoms with van der Waals surface area (Å²) in [4.78, 5) is 18.1. The number of amides is 1. The quantitative estimate of drug-likeness (QED) is 0.804. The number of hydrogen-bond acceptors (Lipinski definition) is 5. The van der Waals surface area contributed by atoms with Gasteiger partial charge < -0.3 is 10.2 Å². The van der Waals surface area contributed by atoms with Crippen LogP contribution in [0.4, 0.5) is 5.82 Å². The first kappa shape index (κ1) is 17.2. The van der Waals surface area contributed by atoms with Crippen molar-refractivity contribution >= 4 is 21.7 Å². The molecule has 8 heteroatoms. The van der Waals surface area contributed by atoms with Crippen molar-refractivity contribution in [3.63, 3.8) is 0 Å². The van der Waals surface area contributed by atoms with Crippen molar-refractivity contribution in [1.82, 2.24) is 14.6 Å². The van der Waals surface area contributed by atoms with Crippen LogP contribution in [0.25, 0.3) is 0 Å². The van der Waals surface area contributed by atoms with Crippen LogP contribution >= 0.6 is 0 Å². The van der Waals surface area contributed by atoms with Crippen molar-refractivity contribution in [2.24, 2.45) is 5.92 Å². The Bertz CT molecular complexity index is 653. The van der Waals surface area contributed by atoms with Gasteiger partial charge in [0.25, 0.3) is 0 Å². The van der Waals surface area contributed by atoms with E-state index in [0.717, 1.165) is 25.1 Å². The minimum absolute atomic E-state index is 0.00331. The number of rotatable bonds is 6. The lowest BCUT2D eigenvalue weighted by Crippen LogP contribution is -2.50. The highest BCUT2D eigenvalue weighted by atomic mass is 32.2. The van der Waals surface area contributed by atoms with Crippen molar-refractivity contribution in [1.29, 1.82) is 0 Å². The molecule has 1 aromatic rings. The van der Waals surface area contributed by atoms with Gasteiger partial charge in [-0.05, 0) is 25.0 Å². The zero-order valence-electron chi connectivity index (χ0n) is 13.7. The summed E-state index contributed by atoms with van der Waals surface area (Å²) in [6.07, 6.45) is 4.68. The van der Waals surface area contributed by atoms with Gasteiger partial charge in [0, 0.05) is 44.8 Å². The Morgan fingerprint density at radius 2 is 1.96 bits per heavy atom. The molecule has 1 saturated carbocycles. The molecule has 0 spiro atoms. The third-order valence-corrected chi connectivity index (χ3v) is 6.61. The van der Waals surface area contributed by atoms with Crippen LogP contribution in [-0.4, -0.2) is 62.1 Å². The van der Waals surface area contributed by atoms with E-state index in [1.165, 1.54) is 4.31 Å². The second-order valence-corrected chi connectivity index (χ2v) is 8.40. The summed E-state index contributed by atoms with van der Waals surface area (Å²) in [6, 6.07) is 5.72. The molecule has 1 N–H and O–H groups in total. The highest BCUT2D eigenvalue weighted by molar-refractivity contribution is 7.89. The van der Waals surface area contributed by atoms with E-state index in [4.69, 9.17) is 0 Å². The molecule has 1 aromatic heterocycles. The van der Waals surface area contributed by atoms with E-state index in [9.17, 15) is 13.2 Å². The number of carbonyl (C=O) groups is 1. The lowest BCUT2D eigenvalue weighted by atomic mass is 9.85. The number of pyridine rings is 1. The lowest BCUT2D eigenvalue weighted by Gasteiger charge is -2.34. The molecule has 24 heavy (non-hydrogen) atoms. The van der Waals surface area contributed by atoms with Crippen molar-refractivity contribution in [2.75, 3.05) is 43.4 Å². The maximum absolute atomic E-state index is 12.4. The Morgan fingerprint density at radius 1 is 1.21 bits per heavy atom. The largest absolute Gasteiger partial charge is 0.355 e. The molecule has 0 aromatic carbocycles. The Hall–Kier alpha value is -1.67. The average Bonchev–Trinajstić information content (AvgIpc) is 2.54. The third kappa shape index (κ3) is 4.05. The van der Waals surface area contributed by atoms with Crippen molar-refractivity contribution in [3.8, 4) is 0 Å². The predicted molar refractivity (Wildman–Crippen MR) is 92.2 cm³/mol. The minimum atomic E-state index is -3.33. The van der Waals surface area contributed by atoms with Gasteiger partial charge in [-0.1, -0.05) is 12.5 Å². The van der Waals surface area contributed by atoms with Crippen LogP contribution in [0.5, 0.6) is 0 Å². The Kier molecular flexibility index (Phi) is 5.35. The summed E-state index contributed by atoms with van der Waals surface area (Å²) in [5, 5.41) is 2.75. The molecule has 0 bridgehead atoms. The molecule has 1 aliphatic heterocycles. The van der Waals surface area contributed by atoms with E-state index in [2.05, 4.69) is 15.2 Å². The zero-order valence-corrected chi connectivity index (χ0v) is 14.5. The van der Waals surface area contributed by atoms with Crippen LogP contribution in [0.1, 0.15) is 19.3 Å². The monoisotopic (exact) mass is 352 g/mol. The maximum Gasteiger partial charge on any atom is 0.223 e. The van der Waals surface area contributed by atoms with E-state index < -0.39 is 10.0 Å². The van der Waals surface area contributed by atoms with Crippen LogP contribution in [0.3, 0.4) is 0 Å². The summed E-state index contributed by atoms with van der Waals surface area (Å²) in [6.45, 7) is 2.36. The van der Waals surface area contributed by atoms with Crippen LogP contribution in [0.15, 0.2) is 24.4 Å². The van der Waals surface area contributed by atoms with Gasteiger partial charge in [0.15, 0.2) is 0 Å². The van der Waals surface area contributed by atoms with E-state index >= 15 is 0 Å². The molecule has 0 atom stereocenters. The van der Waals surface area contributed by atoms with Crippen molar-refractivity contribution in [2.45, 2.75) is 19.3 Å². The number of aromatic nitrogens is 1. The molecule has 3 rings (SSSR count). The van der Waals surface area contributed by atoms with Gasteiger partial charge in [-0.15, -0.1) is 0 Å². The van der Waals surface area contributed by atoms with E-state index in [1.54, 1.807) is 6.20 Å². The average molecular weight is 352 g/mol. The fraction of sp³-hybridized carbons (Fsp3) is 0.625. The summed E-state index contributed by atoms with van der Waals surface area (Å²) < 4.78 is 26.3. The number of carbonyl (C=O) groups excluding carboxylic acids is 1. The third-order valence-electron chi connectivity index (χ3n) is 4.74. The highest BCUT2D eigenvalue weighted by Crippen LogP contribution is 2.26. The normalized spacial score (nSPS) is 19.8. The number of hydrogen-bond donors (Lipinski definition) is 1. The van der Waals surface area contributed by atoms with E-state index in [-0.39, 0.29) is 24.1 Å². The lowest BCUT2D eigenvalue weighted by molar-refractivity contribution is -0.127. The van der Waals surface area contributed by atoms with Crippen LogP contribution in [0.2, 0.25) is 0 Å². The number of anilines is 1. The summed E-state index contributed by atoms with van der Waals surface area (Å²) in [5.41, 5.74) is 0. The molecule has 0 radical (unpaired) electrons. The van der Waals surface area contributed by atoms with Crippen LogP contribution in [0, 0.1) is 5.92 Å². The Labute approximate surface area is 143 Å². The SMILES string of the molecule is O=C(NCCS(=O)(=O)N1CCN(c2ccccn2)CC1)C1CCC1. The standard InChI is InChI=1S/C16H24N4O3S/c21-16(14-4-3-5-14)18-8-13-24(22,23)20-11-9-19(10-12-20)15-6-1-2-7-17-15/h1-2,6-7,14H,3-5,8-13H2,(H,18,21). The van der Waals surface area contributed by atoms with Gasteiger partial charge in [-0.3, -0.25) is 4.79 Å². The summed E-state index contributed by atoms with van der Waals surface area (Å²) >= 11 is 0. The molecular weight excluding hydrogens is 328 g/mol. The Balaban J connectivity index is 1.45. The van der Waals surface area contributed by atoms with Gasteiger partial charge in [-0.25, -0.2) is 13.4 Å². The number of nitrogens with zero attached hydrogens (tertiary/aromatic N) is 3. The summed E-state index contributed by atoms with van der Waals surface area (Å²) in [7, 11) is -3.33. The fourth-order valence-electron chi connectivity index (χ4n) is 2.98. The second kappa shape index (κ2) is 7.48. The topological polar surface area (TPSA) is 82.6 Å². The second-order valence-electron chi connectivity index (χ2n) is 6.31. The molecule has 2 aliphatic rings. The minimum Gasteiger partial charge on any atom is -0.355 e. The first-order chi connectivity index (χ1) is 11.6. The van der Waals surface area contributed by atoms with E-state index in [0.29, 0.717) is 26.2 Å². The van der Waals surface area contributed by atoms with Gasteiger partial charge in [0.05, 0.1) is 5.75 Å². The van der Waals surface area contributed by atoms with Crippen molar-refractivity contribution < 1.29 is 13.2 Å². The van der Waals surface area contributed by atoms with Crippen LogP contribution in [-0.2, 0) is 14.8 Å². The van der Waals surface area contributed by atoms with Gasteiger partial charge >= 0.3 is 0 Å². The molecule has 2 heterocycles. The van der Waals surface area contributed by atoms with Gasteiger partial charge in [0.1, 0.15) is 5.82 Å². The van der Waals surface area contributed by atoms with Crippen LogP contribution < -0.4 is 10.2 Å². The molecule has 132 valence electrons. The van der Waals surface area contributed by atoms with E-state index in [1.807, 2.05) is 18.2 Å². The van der Waals surface area contributed by atoms with Gasteiger partial charge in [-0.2, -0.15) is 4.31 Å². The first-order valence-corrected chi connectivity index (χ1v) is 10.1. The molecule has 1 saturated heterocycles. The first-order valence-electron chi connectivity index (χ1n) is 8.48. The molecule has 7 nitrogen and oxygen atoms in total. The molecule has 1 amide bonds. The predicted octanol–water partition coefficient (Wildman–Crippen LogP) is 0.450. The fourth-order valence-corrected chi connectivity index (χ4v) is 4.32. The molecule has 2 fully saturated rings. The maximum atomic E-state index is 12.4. The van der Waals surface area contributed by atoms with Crippen molar-refractivity contribution in [3.05, 3.63) is 24.4 Å². The molecular formula is C16H24N4O3S.